The van der Waals surface area contributed by atoms with E-state index in [2.05, 4.69) is 16.2 Å². The van der Waals surface area contributed by atoms with Crippen molar-refractivity contribution < 1.29 is 14.4 Å². The Bertz CT molecular complexity index is 852. The monoisotopic (exact) mass is 385 g/mol. The number of hydrazine groups is 1. The smallest absolute Gasteiger partial charge is 0.269 e. The SMILES string of the molecule is Cc1cccc(NC(=O)CSCC(=O)NNC(=O)c2ccc(C)cc2C)c1. The standard InChI is InChI=1S/C20H23N3O3S/c1-13-5-4-6-16(10-13)21-18(24)11-27-12-19(25)22-23-20(26)17-8-7-14(2)9-15(17)3/h4-10H,11-12H2,1-3H3,(H,21,24)(H,22,25)(H,23,26). The molecule has 2 rings (SSSR count). The molecule has 3 amide bonds. The van der Waals surface area contributed by atoms with Crippen LogP contribution >= 0.6 is 11.8 Å². The van der Waals surface area contributed by atoms with Gasteiger partial charge in [-0.05, 0) is 50.1 Å². The van der Waals surface area contributed by atoms with Gasteiger partial charge in [0.15, 0.2) is 0 Å². The lowest BCUT2D eigenvalue weighted by Crippen LogP contribution is -2.42. The second-order valence-corrected chi connectivity index (χ2v) is 7.22. The first-order valence-corrected chi connectivity index (χ1v) is 9.61. The molecule has 0 fully saturated rings. The van der Waals surface area contributed by atoms with E-state index in [-0.39, 0.29) is 29.2 Å². The lowest BCUT2D eigenvalue weighted by Gasteiger charge is -2.10. The number of thioether (sulfide) groups is 1. The summed E-state index contributed by atoms with van der Waals surface area (Å²) in [6, 6.07) is 13.0. The second-order valence-electron chi connectivity index (χ2n) is 6.23. The third-order valence-corrected chi connectivity index (χ3v) is 4.64. The van der Waals surface area contributed by atoms with Crippen molar-refractivity contribution in [3.63, 3.8) is 0 Å². The van der Waals surface area contributed by atoms with Crippen LogP contribution in [0.15, 0.2) is 42.5 Å². The Balaban J connectivity index is 1.70. The number of aryl methyl sites for hydroxylation is 3. The highest BCUT2D eigenvalue weighted by atomic mass is 32.2. The van der Waals surface area contributed by atoms with E-state index in [1.54, 1.807) is 6.07 Å². The summed E-state index contributed by atoms with van der Waals surface area (Å²) in [5, 5.41) is 2.78. The molecule has 7 heteroatoms. The Hall–Kier alpha value is -2.80. The van der Waals surface area contributed by atoms with Gasteiger partial charge in [0.1, 0.15) is 0 Å². The fraction of sp³-hybridized carbons (Fsp3) is 0.250. The van der Waals surface area contributed by atoms with E-state index in [1.807, 2.05) is 57.2 Å². The van der Waals surface area contributed by atoms with Gasteiger partial charge in [0.25, 0.3) is 5.91 Å². The number of carbonyl (C=O) groups is 3. The highest BCUT2D eigenvalue weighted by molar-refractivity contribution is 8.00. The molecular weight excluding hydrogens is 362 g/mol. The van der Waals surface area contributed by atoms with Crippen molar-refractivity contribution in [1.29, 1.82) is 0 Å². The summed E-state index contributed by atoms with van der Waals surface area (Å²) in [6.45, 7) is 5.73. The van der Waals surface area contributed by atoms with Gasteiger partial charge in [-0.1, -0.05) is 29.8 Å². The second kappa shape index (κ2) is 9.78. The van der Waals surface area contributed by atoms with Gasteiger partial charge < -0.3 is 5.32 Å². The van der Waals surface area contributed by atoms with E-state index in [0.717, 1.165) is 22.4 Å². The van der Waals surface area contributed by atoms with Crippen molar-refractivity contribution in [3.8, 4) is 0 Å². The van der Waals surface area contributed by atoms with Gasteiger partial charge in [-0.15, -0.1) is 11.8 Å². The van der Waals surface area contributed by atoms with E-state index >= 15 is 0 Å². The molecule has 6 nitrogen and oxygen atoms in total. The Morgan fingerprint density at radius 1 is 0.852 bits per heavy atom. The minimum absolute atomic E-state index is 0.0639. The number of amides is 3. The van der Waals surface area contributed by atoms with E-state index in [9.17, 15) is 14.4 Å². The van der Waals surface area contributed by atoms with Gasteiger partial charge in [0, 0.05) is 11.3 Å². The fourth-order valence-corrected chi connectivity index (χ4v) is 3.07. The van der Waals surface area contributed by atoms with Crippen molar-refractivity contribution in [2.45, 2.75) is 20.8 Å². The zero-order valence-corrected chi connectivity index (χ0v) is 16.4. The average Bonchev–Trinajstić information content (AvgIpc) is 2.59. The number of rotatable bonds is 6. The lowest BCUT2D eigenvalue weighted by molar-refractivity contribution is -0.119. The molecule has 0 saturated carbocycles. The summed E-state index contributed by atoms with van der Waals surface area (Å²) in [5.41, 5.74) is 8.94. The summed E-state index contributed by atoms with van der Waals surface area (Å²) in [5.74, 6) is -0.719. The van der Waals surface area contributed by atoms with Gasteiger partial charge in [0.05, 0.1) is 11.5 Å². The van der Waals surface area contributed by atoms with Crippen LogP contribution in [0, 0.1) is 20.8 Å². The van der Waals surface area contributed by atoms with Crippen LogP contribution in [0.25, 0.3) is 0 Å². The van der Waals surface area contributed by atoms with Gasteiger partial charge >= 0.3 is 0 Å². The molecule has 0 aromatic heterocycles. The number of hydrogen-bond acceptors (Lipinski definition) is 4. The maximum atomic E-state index is 12.1. The molecule has 0 aliphatic rings. The maximum absolute atomic E-state index is 12.1. The third kappa shape index (κ3) is 6.79. The average molecular weight is 385 g/mol. The highest BCUT2D eigenvalue weighted by Gasteiger charge is 2.11. The first-order chi connectivity index (χ1) is 12.8. The maximum Gasteiger partial charge on any atom is 0.269 e. The molecule has 0 radical (unpaired) electrons. The van der Waals surface area contributed by atoms with Crippen LogP contribution in [0.5, 0.6) is 0 Å². The molecule has 27 heavy (non-hydrogen) atoms. The summed E-state index contributed by atoms with van der Waals surface area (Å²) >= 11 is 1.17. The molecule has 142 valence electrons. The molecule has 0 spiro atoms. The van der Waals surface area contributed by atoms with Crippen molar-refractivity contribution in [2.24, 2.45) is 0 Å². The van der Waals surface area contributed by atoms with E-state index < -0.39 is 0 Å². The highest BCUT2D eigenvalue weighted by Crippen LogP contribution is 2.11. The Morgan fingerprint density at radius 3 is 2.26 bits per heavy atom. The van der Waals surface area contributed by atoms with Crippen LogP contribution in [0.4, 0.5) is 5.69 Å². The zero-order valence-electron chi connectivity index (χ0n) is 15.6. The normalized spacial score (nSPS) is 10.2. The Labute approximate surface area is 163 Å². The molecule has 0 aliphatic heterocycles. The first-order valence-electron chi connectivity index (χ1n) is 8.46. The predicted molar refractivity (Wildman–Crippen MR) is 109 cm³/mol. The fourth-order valence-electron chi connectivity index (χ4n) is 2.45. The molecule has 0 bridgehead atoms. The van der Waals surface area contributed by atoms with Gasteiger partial charge in [0.2, 0.25) is 11.8 Å². The van der Waals surface area contributed by atoms with Gasteiger partial charge in [-0.3, -0.25) is 25.2 Å². The largest absolute Gasteiger partial charge is 0.325 e. The summed E-state index contributed by atoms with van der Waals surface area (Å²) in [4.78, 5) is 35.8. The Morgan fingerprint density at radius 2 is 1.56 bits per heavy atom. The van der Waals surface area contributed by atoms with Crippen molar-refractivity contribution in [2.75, 3.05) is 16.8 Å². The molecule has 2 aromatic rings. The number of carbonyl (C=O) groups excluding carboxylic acids is 3. The van der Waals surface area contributed by atoms with Crippen molar-refractivity contribution >= 4 is 35.2 Å². The van der Waals surface area contributed by atoms with Crippen LogP contribution < -0.4 is 16.2 Å². The quantitative estimate of drug-likeness (QED) is 0.667. The number of nitrogens with one attached hydrogen (secondary N) is 3. The van der Waals surface area contributed by atoms with E-state index in [1.165, 1.54) is 11.8 Å². The van der Waals surface area contributed by atoms with Crippen LogP contribution in [0.2, 0.25) is 0 Å². The minimum Gasteiger partial charge on any atom is -0.325 e. The molecule has 0 unspecified atom stereocenters. The minimum atomic E-state index is -0.374. The number of hydrogen-bond donors (Lipinski definition) is 3. The molecule has 3 N–H and O–H groups in total. The van der Waals surface area contributed by atoms with Crippen LogP contribution in [-0.2, 0) is 9.59 Å². The summed E-state index contributed by atoms with van der Waals surface area (Å²) < 4.78 is 0. The summed E-state index contributed by atoms with van der Waals surface area (Å²) in [6.07, 6.45) is 0. The predicted octanol–water partition coefficient (Wildman–Crippen LogP) is 2.74. The van der Waals surface area contributed by atoms with Crippen LogP contribution in [0.3, 0.4) is 0 Å². The number of benzene rings is 2. The molecular formula is C20H23N3O3S. The molecule has 0 aliphatic carbocycles. The summed E-state index contributed by atoms with van der Waals surface area (Å²) in [7, 11) is 0. The first kappa shape index (κ1) is 20.5. The molecule has 2 aromatic carbocycles. The molecule has 0 heterocycles. The molecule has 0 atom stereocenters. The topological polar surface area (TPSA) is 87.3 Å². The van der Waals surface area contributed by atoms with Crippen LogP contribution in [0.1, 0.15) is 27.0 Å². The van der Waals surface area contributed by atoms with Crippen molar-refractivity contribution in [1.82, 2.24) is 10.9 Å². The van der Waals surface area contributed by atoms with Gasteiger partial charge in [-0.2, -0.15) is 0 Å². The van der Waals surface area contributed by atoms with Gasteiger partial charge in [-0.25, -0.2) is 0 Å². The molecule has 0 saturated heterocycles. The lowest BCUT2D eigenvalue weighted by atomic mass is 10.1. The third-order valence-electron chi connectivity index (χ3n) is 3.71. The van der Waals surface area contributed by atoms with E-state index in [0.29, 0.717) is 5.56 Å². The van der Waals surface area contributed by atoms with Crippen molar-refractivity contribution in [3.05, 3.63) is 64.7 Å². The number of anilines is 1. The Kier molecular flexibility index (Phi) is 7.43. The van der Waals surface area contributed by atoms with Crippen LogP contribution in [-0.4, -0.2) is 29.2 Å². The zero-order chi connectivity index (χ0) is 19.8. The van der Waals surface area contributed by atoms with E-state index in [4.69, 9.17) is 0 Å².